The van der Waals surface area contributed by atoms with Gasteiger partial charge in [-0.3, -0.25) is 9.97 Å². The molecule has 2 aromatic rings. The van der Waals surface area contributed by atoms with Crippen molar-refractivity contribution in [2.24, 2.45) is 0 Å². The van der Waals surface area contributed by atoms with Crippen LogP contribution in [0.1, 0.15) is 50.7 Å². The number of hydrogen-bond acceptors (Lipinski definition) is 4. The number of hydrogen-bond donors (Lipinski definition) is 0. The van der Waals surface area contributed by atoms with E-state index in [0.717, 1.165) is 61.4 Å². The van der Waals surface area contributed by atoms with Gasteiger partial charge in [0.05, 0.1) is 24.6 Å². The third-order valence-corrected chi connectivity index (χ3v) is 3.73. The van der Waals surface area contributed by atoms with Crippen LogP contribution in [0.3, 0.4) is 0 Å². The number of pyridine rings is 2. The third-order valence-electron chi connectivity index (χ3n) is 3.73. The third kappa shape index (κ3) is 6.38. The van der Waals surface area contributed by atoms with Crippen LogP contribution in [-0.4, -0.2) is 23.2 Å². The molecule has 2 aromatic heterocycles. The van der Waals surface area contributed by atoms with Gasteiger partial charge in [0.2, 0.25) is 0 Å². The van der Waals surface area contributed by atoms with E-state index in [-0.39, 0.29) is 0 Å². The zero-order valence-corrected chi connectivity index (χ0v) is 14.8. The average Bonchev–Trinajstić information content (AvgIpc) is 2.63. The molecule has 0 aliphatic rings. The van der Waals surface area contributed by atoms with Crippen molar-refractivity contribution in [3.63, 3.8) is 0 Å². The average molecular weight is 328 g/mol. The highest BCUT2D eigenvalue weighted by Crippen LogP contribution is 2.17. The molecule has 130 valence electrons. The molecule has 0 atom stereocenters. The van der Waals surface area contributed by atoms with E-state index in [1.165, 1.54) is 0 Å². The van der Waals surface area contributed by atoms with Crippen LogP contribution in [0.2, 0.25) is 0 Å². The van der Waals surface area contributed by atoms with Crippen molar-refractivity contribution in [1.82, 2.24) is 9.97 Å². The molecule has 0 amide bonds. The summed E-state index contributed by atoms with van der Waals surface area (Å²) in [7, 11) is 0. The smallest absolute Gasteiger partial charge is 0.0889 e. The van der Waals surface area contributed by atoms with Gasteiger partial charge in [0.25, 0.3) is 0 Å². The molecule has 24 heavy (non-hydrogen) atoms. The van der Waals surface area contributed by atoms with Gasteiger partial charge in [-0.25, -0.2) is 0 Å². The van der Waals surface area contributed by atoms with Crippen molar-refractivity contribution in [1.29, 1.82) is 0 Å². The molecule has 2 rings (SSSR count). The molecule has 0 aliphatic heterocycles. The summed E-state index contributed by atoms with van der Waals surface area (Å²) in [6, 6.07) is 8.09. The Morgan fingerprint density at radius 2 is 1.21 bits per heavy atom. The number of rotatable bonds is 11. The van der Waals surface area contributed by atoms with Crippen LogP contribution in [0.5, 0.6) is 0 Å². The molecule has 0 fully saturated rings. The molecular formula is C20H28N2O2. The van der Waals surface area contributed by atoms with Crippen LogP contribution in [0.4, 0.5) is 0 Å². The Kier molecular flexibility index (Phi) is 8.42. The molecule has 0 bridgehead atoms. The van der Waals surface area contributed by atoms with Crippen LogP contribution in [0.25, 0.3) is 11.4 Å². The van der Waals surface area contributed by atoms with Gasteiger partial charge < -0.3 is 9.47 Å². The molecule has 0 radical (unpaired) electrons. The maximum atomic E-state index is 5.68. The highest BCUT2D eigenvalue weighted by Gasteiger charge is 2.04. The van der Waals surface area contributed by atoms with Gasteiger partial charge in [0.1, 0.15) is 0 Å². The lowest BCUT2D eigenvalue weighted by Crippen LogP contribution is -1.98. The van der Waals surface area contributed by atoms with Gasteiger partial charge >= 0.3 is 0 Å². The zero-order chi connectivity index (χ0) is 17.0. The summed E-state index contributed by atoms with van der Waals surface area (Å²) in [4.78, 5) is 8.89. The first kappa shape index (κ1) is 18.6. The summed E-state index contributed by atoms with van der Waals surface area (Å²) in [5, 5.41) is 0. The Morgan fingerprint density at radius 1 is 0.750 bits per heavy atom. The minimum atomic E-state index is 0.620. The van der Waals surface area contributed by atoms with Crippen LogP contribution in [0, 0.1) is 0 Å². The molecule has 4 nitrogen and oxygen atoms in total. The van der Waals surface area contributed by atoms with E-state index in [1.54, 1.807) is 0 Å². The maximum Gasteiger partial charge on any atom is 0.0889 e. The highest BCUT2D eigenvalue weighted by atomic mass is 16.5. The van der Waals surface area contributed by atoms with E-state index in [2.05, 4.69) is 35.9 Å². The minimum Gasteiger partial charge on any atom is -0.377 e. The van der Waals surface area contributed by atoms with Gasteiger partial charge in [-0.1, -0.05) is 26.7 Å². The second-order valence-corrected chi connectivity index (χ2v) is 5.91. The molecule has 0 unspecified atom stereocenters. The predicted molar refractivity (Wildman–Crippen MR) is 96.6 cm³/mol. The molecule has 0 spiro atoms. The van der Waals surface area contributed by atoms with Gasteiger partial charge in [0, 0.05) is 25.6 Å². The monoisotopic (exact) mass is 328 g/mol. The van der Waals surface area contributed by atoms with E-state index >= 15 is 0 Å². The lowest BCUT2D eigenvalue weighted by molar-refractivity contribution is 0.118. The van der Waals surface area contributed by atoms with Gasteiger partial charge in [0.15, 0.2) is 0 Å². The topological polar surface area (TPSA) is 44.2 Å². The Bertz CT molecular complexity index is 548. The van der Waals surface area contributed by atoms with Crippen LogP contribution >= 0.6 is 0 Å². The van der Waals surface area contributed by atoms with Crippen LogP contribution in [-0.2, 0) is 22.7 Å². The minimum absolute atomic E-state index is 0.620. The normalized spacial score (nSPS) is 10.9. The molecule has 0 saturated carbocycles. The fourth-order valence-corrected chi connectivity index (χ4v) is 2.28. The largest absolute Gasteiger partial charge is 0.377 e. The fraction of sp³-hybridized carbons (Fsp3) is 0.500. The lowest BCUT2D eigenvalue weighted by Gasteiger charge is -2.07. The second-order valence-electron chi connectivity index (χ2n) is 5.91. The molecule has 0 saturated heterocycles. The van der Waals surface area contributed by atoms with Gasteiger partial charge in [-0.05, 0) is 48.2 Å². The van der Waals surface area contributed by atoms with Gasteiger partial charge in [-0.15, -0.1) is 0 Å². The van der Waals surface area contributed by atoms with E-state index < -0.39 is 0 Å². The zero-order valence-electron chi connectivity index (χ0n) is 14.8. The molecule has 2 heterocycles. The Hall–Kier alpha value is -1.78. The van der Waals surface area contributed by atoms with Crippen molar-refractivity contribution in [3.05, 3.63) is 47.8 Å². The van der Waals surface area contributed by atoms with Crippen LogP contribution in [0.15, 0.2) is 36.7 Å². The standard InChI is InChI=1S/C20H28N2O2/c1-3-5-11-23-15-17-7-9-21-19(13-17)20-14-18(8-10-22-20)16-24-12-6-4-2/h7-10,13-14H,3-6,11-12,15-16H2,1-2H3. The lowest BCUT2D eigenvalue weighted by atomic mass is 10.1. The second kappa shape index (κ2) is 10.9. The van der Waals surface area contributed by atoms with E-state index in [1.807, 2.05) is 24.5 Å². The first-order valence-corrected chi connectivity index (χ1v) is 8.89. The number of aromatic nitrogens is 2. The summed E-state index contributed by atoms with van der Waals surface area (Å²) in [6.45, 7) is 7.18. The van der Waals surface area contributed by atoms with E-state index in [0.29, 0.717) is 13.2 Å². The molecule has 0 N–H and O–H groups in total. The quantitative estimate of drug-likeness (QED) is 0.557. The van der Waals surface area contributed by atoms with Crippen molar-refractivity contribution < 1.29 is 9.47 Å². The SMILES string of the molecule is CCCCOCc1ccnc(-c2cc(COCCCC)ccn2)c1. The molecule has 0 aliphatic carbocycles. The van der Waals surface area contributed by atoms with Crippen molar-refractivity contribution in [3.8, 4) is 11.4 Å². The Labute approximate surface area is 145 Å². The number of nitrogens with zero attached hydrogens (tertiary/aromatic N) is 2. The fourth-order valence-electron chi connectivity index (χ4n) is 2.28. The van der Waals surface area contributed by atoms with E-state index in [4.69, 9.17) is 9.47 Å². The molecular weight excluding hydrogens is 300 g/mol. The first-order chi connectivity index (χ1) is 11.8. The van der Waals surface area contributed by atoms with Crippen molar-refractivity contribution in [2.45, 2.75) is 52.7 Å². The summed E-state index contributed by atoms with van der Waals surface area (Å²) in [5.41, 5.74) is 4.01. The predicted octanol–water partition coefficient (Wildman–Crippen LogP) is 4.78. The summed E-state index contributed by atoms with van der Waals surface area (Å²) in [6.07, 6.45) is 8.14. The molecule has 4 heteroatoms. The number of ether oxygens (including phenoxy) is 2. The maximum absolute atomic E-state index is 5.68. The summed E-state index contributed by atoms with van der Waals surface area (Å²) >= 11 is 0. The van der Waals surface area contributed by atoms with Crippen LogP contribution < -0.4 is 0 Å². The van der Waals surface area contributed by atoms with Gasteiger partial charge in [-0.2, -0.15) is 0 Å². The summed E-state index contributed by atoms with van der Waals surface area (Å²) < 4.78 is 11.4. The number of unbranched alkanes of at least 4 members (excludes halogenated alkanes) is 2. The summed E-state index contributed by atoms with van der Waals surface area (Å²) in [5.74, 6) is 0. The Balaban J connectivity index is 1.97. The van der Waals surface area contributed by atoms with Crippen molar-refractivity contribution in [2.75, 3.05) is 13.2 Å². The molecule has 0 aromatic carbocycles. The van der Waals surface area contributed by atoms with Crippen molar-refractivity contribution >= 4 is 0 Å². The first-order valence-electron chi connectivity index (χ1n) is 8.89. The highest BCUT2D eigenvalue weighted by molar-refractivity contribution is 5.55. The Morgan fingerprint density at radius 3 is 1.62 bits per heavy atom. The van der Waals surface area contributed by atoms with E-state index in [9.17, 15) is 0 Å².